The van der Waals surface area contributed by atoms with Crippen molar-refractivity contribution in [3.05, 3.63) is 27.7 Å². The van der Waals surface area contributed by atoms with Gasteiger partial charge in [-0.2, -0.15) is 0 Å². The van der Waals surface area contributed by atoms with Crippen molar-refractivity contribution in [2.45, 2.75) is 19.8 Å². The van der Waals surface area contributed by atoms with Crippen LogP contribution in [0, 0.1) is 12.8 Å². The number of carbonyl (C=O) groups excluding carboxylic acids is 1. The van der Waals surface area contributed by atoms with E-state index in [-0.39, 0.29) is 12.5 Å². The maximum Gasteiger partial charge on any atom is 0.254 e. The Bertz CT molecular complexity index is 491. The number of nitrogen functional groups attached to an aromatic ring is 1. The number of hydrogen-bond acceptors (Lipinski definition) is 3. The summed E-state index contributed by atoms with van der Waals surface area (Å²) in [5.74, 6) is 0.449. The van der Waals surface area contributed by atoms with E-state index in [4.69, 9.17) is 10.8 Å². The van der Waals surface area contributed by atoms with Crippen LogP contribution in [0.2, 0.25) is 0 Å². The lowest BCUT2D eigenvalue weighted by Gasteiger charge is -2.18. The number of amides is 1. The van der Waals surface area contributed by atoms with Crippen LogP contribution in [0.15, 0.2) is 16.6 Å². The van der Waals surface area contributed by atoms with Crippen molar-refractivity contribution in [2.75, 3.05) is 25.4 Å². The van der Waals surface area contributed by atoms with Crippen LogP contribution in [-0.2, 0) is 0 Å². The molecule has 1 aromatic carbocycles. The Morgan fingerprint density at radius 3 is 3.00 bits per heavy atom. The van der Waals surface area contributed by atoms with E-state index < -0.39 is 0 Å². The Labute approximate surface area is 121 Å². The minimum absolute atomic E-state index is 0.0333. The standard InChI is InChI=1S/C14H19BrN2O2/c1-9-12(6-11(15)7-13(9)16)14(19)17-4-2-10(8-17)3-5-18/h6-7,10,18H,2-5,8,16H2,1H3. The summed E-state index contributed by atoms with van der Waals surface area (Å²) in [6.45, 7) is 3.55. The van der Waals surface area contributed by atoms with Crippen molar-refractivity contribution in [3.8, 4) is 0 Å². The maximum atomic E-state index is 12.5. The first kappa shape index (κ1) is 14.3. The highest BCUT2D eigenvalue weighted by molar-refractivity contribution is 9.10. The number of nitrogens with two attached hydrogens (primary N) is 1. The van der Waals surface area contributed by atoms with Gasteiger partial charge in [0.1, 0.15) is 0 Å². The summed E-state index contributed by atoms with van der Waals surface area (Å²) < 4.78 is 0.824. The lowest BCUT2D eigenvalue weighted by Crippen LogP contribution is -2.29. The van der Waals surface area contributed by atoms with E-state index in [0.29, 0.717) is 17.2 Å². The molecule has 1 amide bonds. The molecule has 1 saturated heterocycles. The van der Waals surface area contributed by atoms with E-state index in [2.05, 4.69) is 15.9 Å². The zero-order chi connectivity index (χ0) is 14.0. The van der Waals surface area contributed by atoms with Crippen molar-refractivity contribution in [2.24, 2.45) is 5.92 Å². The molecule has 1 fully saturated rings. The number of rotatable bonds is 3. The number of nitrogens with zero attached hydrogens (tertiary/aromatic N) is 1. The summed E-state index contributed by atoms with van der Waals surface area (Å²) in [6.07, 6.45) is 1.73. The van der Waals surface area contributed by atoms with Gasteiger partial charge in [-0.25, -0.2) is 0 Å². The molecule has 0 bridgehead atoms. The van der Waals surface area contributed by atoms with Gasteiger partial charge < -0.3 is 15.7 Å². The van der Waals surface area contributed by atoms with Gasteiger partial charge in [-0.3, -0.25) is 4.79 Å². The molecule has 1 unspecified atom stereocenters. The van der Waals surface area contributed by atoms with Gasteiger partial charge in [-0.1, -0.05) is 15.9 Å². The number of halogens is 1. The fraction of sp³-hybridized carbons (Fsp3) is 0.500. The summed E-state index contributed by atoms with van der Waals surface area (Å²) in [7, 11) is 0. The summed E-state index contributed by atoms with van der Waals surface area (Å²) in [4.78, 5) is 14.4. The highest BCUT2D eigenvalue weighted by atomic mass is 79.9. The van der Waals surface area contributed by atoms with E-state index in [1.54, 1.807) is 0 Å². The smallest absolute Gasteiger partial charge is 0.254 e. The Kier molecular flexibility index (Phi) is 4.47. The molecule has 1 heterocycles. The largest absolute Gasteiger partial charge is 0.398 e. The second kappa shape index (κ2) is 5.92. The molecular formula is C14H19BrN2O2. The third-order valence-electron chi connectivity index (χ3n) is 3.75. The van der Waals surface area contributed by atoms with Crippen LogP contribution in [0.5, 0.6) is 0 Å². The maximum absolute atomic E-state index is 12.5. The predicted molar refractivity (Wildman–Crippen MR) is 79.0 cm³/mol. The van der Waals surface area contributed by atoms with Crippen LogP contribution in [-0.4, -0.2) is 35.6 Å². The molecule has 1 aliphatic rings. The normalized spacial score (nSPS) is 18.9. The van der Waals surface area contributed by atoms with Crippen molar-refractivity contribution >= 4 is 27.5 Å². The van der Waals surface area contributed by atoms with Gasteiger partial charge >= 0.3 is 0 Å². The van der Waals surface area contributed by atoms with Gasteiger partial charge in [0.05, 0.1) is 0 Å². The summed E-state index contributed by atoms with van der Waals surface area (Å²) >= 11 is 3.38. The molecule has 1 aromatic rings. The van der Waals surface area contributed by atoms with Crippen LogP contribution in [0.3, 0.4) is 0 Å². The second-order valence-corrected chi connectivity index (χ2v) is 6.00. The fourth-order valence-corrected chi connectivity index (χ4v) is 3.00. The Hall–Kier alpha value is -1.07. The number of aliphatic hydroxyl groups excluding tert-OH is 1. The number of benzene rings is 1. The van der Waals surface area contributed by atoms with Gasteiger partial charge in [-0.05, 0) is 43.4 Å². The average Bonchev–Trinajstić information content (AvgIpc) is 2.82. The molecule has 4 nitrogen and oxygen atoms in total. The molecule has 3 N–H and O–H groups in total. The molecule has 5 heteroatoms. The first-order valence-corrected chi connectivity index (χ1v) is 7.28. The first-order valence-electron chi connectivity index (χ1n) is 6.48. The van der Waals surface area contributed by atoms with Gasteiger partial charge in [0.15, 0.2) is 0 Å². The molecule has 104 valence electrons. The van der Waals surface area contributed by atoms with E-state index in [1.165, 1.54) is 0 Å². The summed E-state index contributed by atoms with van der Waals surface area (Å²) in [5, 5.41) is 8.96. The van der Waals surface area contributed by atoms with E-state index in [1.807, 2.05) is 24.0 Å². The van der Waals surface area contributed by atoms with Crippen LogP contribution in [0.4, 0.5) is 5.69 Å². The SMILES string of the molecule is Cc1c(N)cc(Br)cc1C(=O)N1CCC(CCO)C1. The van der Waals surface area contributed by atoms with Crippen LogP contribution >= 0.6 is 15.9 Å². The lowest BCUT2D eigenvalue weighted by atomic mass is 10.1. The van der Waals surface area contributed by atoms with Crippen LogP contribution in [0.25, 0.3) is 0 Å². The second-order valence-electron chi connectivity index (χ2n) is 5.09. The molecule has 0 aromatic heterocycles. The molecule has 1 aliphatic heterocycles. The highest BCUT2D eigenvalue weighted by Gasteiger charge is 2.27. The van der Waals surface area contributed by atoms with Crippen molar-refractivity contribution in [1.29, 1.82) is 0 Å². The van der Waals surface area contributed by atoms with Crippen molar-refractivity contribution < 1.29 is 9.90 Å². The zero-order valence-electron chi connectivity index (χ0n) is 11.0. The van der Waals surface area contributed by atoms with Crippen molar-refractivity contribution in [3.63, 3.8) is 0 Å². The number of aliphatic hydroxyl groups is 1. The number of hydrogen-bond donors (Lipinski definition) is 2. The first-order chi connectivity index (χ1) is 9.02. The molecule has 0 saturated carbocycles. The predicted octanol–water partition coefficient (Wildman–Crippen LogP) is 2.18. The monoisotopic (exact) mass is 326 g/mol. The quantitative estimate of drug-likeness (QED) is 0.837. The minimum Gasteiger partial charge on any atom is -0.398 e. The molecule has 0 spiro atoms. The zero-order valence-corrected chi connectivity index (χ0v) is 12.6. The van der Waals surface area contributed by atoms with Gasteiger partial charge in [0.25, 0.3) is 5.91 Å². The van der Waals surface area contributed by atoms with Crippen LogP contribution < -0.4 is 5.73 Å². The molecule has 0 aliphatic carbocycles. The fourth-order valence-electron chi connectivity index (χ4n) is 2.53. The topological polar surface area (TPSA) is 66.6 Å². The Morgan fingerprint density at radius 1 is 1.58 bits per heavy atom. The molecule has 0 radical (unpaired) electrons. The Balaban J connectivity index is 2.17. The van der Waals surface area contributed by atoms with Gasteiger partial charge in [0, 0.05) is 35.4 Å². The third-order valence-corrected chi connectivity index (χ3v) is 4.21. The molecule has 1 atom stereocenters. The molecular weight excluding hydrogens is 308 g/mol. The number of anilines is 1. The summed E-state index contributed by atoms with van der Waals surface area (Å²) in [6, 6.07) is 3.64. The highest BCUT2D eigenvalue weighted by Crippen LogP contribution is 2.26. The minimum atomic E-state index is 0.0333. The Morgan fingerprint density at radius 2 is 2.32 bits per heavy atom. The van der Waals surface area contributed by atoms with E-state index in [9.17, 15) is 4.79 Å². The van der Waals surface area contributed by atoms with Gasteiger partial charge in [-0.15, -0.1) is 0 Å². The summed E-state index contributed by atoms with van der Waals surface area (Å²) in [5.41, 5.74) is 8.02. The lowest BCUT2D eigenvalue weighted by molar-refractivity contribution is 0.0784. The molecule has 19 heavy (non-hydrogen) atoms. The van der Waals surface area contributed by atoms with E-state index in [0.717, 1.165) is 36.0 Å². The molecule has 2 rings (SSSR count). The third kappa shape index (κ3) is 3.09. The average molecular weight is 327 g/mol. The number of likely N-dealkylation sites (tertiary alicyclic amines) is 1. The van der Waals surface area contributed by atoms with Crippen molar-refractivity contribution in [1.82, 2.24) is 4.90 Å². The van der Waals surface area contributed by atoms with Gasteiger partial charge in [0.2, 0.25) is 0 Å². The van der Waals surface area contributed by atoms with E-state index >= 15 is 0 Å². The van der Waals surface area contributed by atoms with Crippen LogP contribution in [0.1, 0.15) is 28.8 Å². The number of carbonyl (C=O) groups is 1.